The maximum absolute atomic E-state index is 10.1. The molecule has 1 aromatic rings. The Hall–Kier alpha value is -0.720. The van der Waals surface area contributed by atoms with E-state index in [4.69, 9.17) is 4.55 Å². The number of nitrogens with one attached hydrogen (secondary N) is 2. The summed E-state index contributed by atoms with van der Waals surface area (Å²) < 4.78 is 20.8. The molecule has 0 aromatic carbocycles. The van der Waals surface area contributed by atoms with E-state index in [9.17, 15) is 4.21 Å². The SMILES string of the molecule is O=S(O)NCCc1ncc[nH]1. The number of aromatic amines is 1. The van der Waals surface area contributed by atoms with Crippen molar-refractivity contribution in [2.75, 3.05) is 6.54 Å². The second-order valence-corrected chi connectivity index (χ2v) is 2.72. The fraction of sp³-hybridized carbons (Fsp3) is 0.400. The van der Waals surface area contributed by atoms with Crippen LogP contribution in [0.25, 0.3) is 0 Å². The minimum atomic E-state index is -1.92. The van der Waals surface area contributed by atoms with E-state index in [1.165, 1.54) is 0 Å². The predicted octanol–water partition coefficient (Wildman–Crippen LogP) is -0.322. The topological polar surface area (TPSA) is 78.0 Å². The van der Waals surface area contributed by atoms with E-state index in [0.29, 0.717) is 13.0 Å². The van der Waals surface area contributed by atoms with E-state index >= 15 is 0 Å². The standard InChI is InChI=1S/C5H9N3O2S/c9-11(10)8-2-1-5-6-3-4-7-5/h3-4,8H,1-2H2,(H,6,7)(H,9,10). The van der Waals surface area contributed by atoms with Gasteiger partial charge in [-0.1, -0.05) is 0 Å². The van der Waals surface area contributed by atoms with Gasteiger partial charge < -0.3 is 4.98 Å². The number of H-pyrrole nitrogens is 1. The van der Waals surface area contributed by atoms with Crippen LogP contribution in [-0.4, -0.2) is 25.3 Å². The average Bonchev–Trinajstić information content (AvgIpc) is 2.39. The summed E-state index contributed by atoms with van der Waals surface area (Å²) in [4.78, 5) is 6.82. The first-order chi connectivity index (χ1) is 5.29. The van der Waals surface area contributed by atoms with Crippen LogP contribution < -0.4 is 4.72 Å². The van der Waals surface area contributed by atoms with E-state index in [1.54, 1.807) is 12.4 Å². The van der Waals surface area contributed by atoms with E-state index in [2.05, 4.69) is 14.7 Å². The van der Waals surface area contributed by atoms with Crippen molar-refractivity contribution in [1.29, 1.82) is 0 Å². The summed E-state index contributed by atoms with van der Waals surface area (Å²) in [5.41, 5.74) is 0. The highest BCUT2D eigenvalue weighted by Gasteiger charge is 1.95. The molecule has 1 atom stereocenters. The van der Waals surface area contributed by atoms with E-state index < -0.39 is 11.3 Å². The Morgan fingerprint density at radius 2 is 2.64 bits per heavy atom. The molecule has 0 saturated carbocycles. The third-order valence-corrected chi connectivity index (χ3v) is 1.59. The van der Waals surface area contributed by atoms with Gasteiger partial charge in [-0.15, -0.1) is 0 Å². The summed E-state index contributed by atoms with van der Waals surface area (Å²) in [7, 11) is 0. The highest BCUT2D eigenvalue weighted by molar-refractivity contribution is 7.77. The van der Waals surface area contributed by atoms with Crippen LogP contribution >= 0.6 is 0 Å². The van der Waals surface area contributed by atoms with Gasteiger partial charge in [0.25, 0.3) is 0 Å². The maximum atomic E-state index is 10.1. The Balaban J connectivity index is 2.19. The van der Waals surface area contributed by atoms with Gasteiger partial charge in [-0.3, -0.25) is 4.55 Å². The monoisotopic (exact) mass is 175 g/mol. The largest absolute Gasteiger partial charge is 0.349 e. The van der Waals surface area contributed by atoms with Gasteiger partial charge in [0.15, 0.2) is 0 Å². The van der Waals surface area contributed by atoms with Crippen LogP contribution in [-0.2, 0) is 17.7 Å². The molecule has 1 rings (SSSR count). The Morgan fingerprint density at radius 3 is 3.18 bits per heavy atom. The third kappa shape index (κ3) is 3.26. The molecule has 5 nitrogen and oxygen atoms in total. The van der Waals surface area contributed by atoms with Crippen molar-refractivity contribution in [3.8, 4) is 0 Å². The first-order valence-corrected chi connectivity index (χ1v) is 4.22. The predicted molar refractivity (Wildman–Crippen MR) is 41.1 cm³/mol. The van der Waals surface area contributed by atoms with Crippen LogP contribution in [0.1, 0.15) is 5.82 Å². The highest BCUT2D eigenvalue weighted by Crippen LogP contribution is 1.87. The lowest BCUT2D eigenvalue weighted by Crippen LogP contribution is -2.19. The van der Waals surface area contributed by atoms with Crippen molar-refractivity contribution >= 4 is 11.3 Å². The summed E-state index contributed by atoms with van der Waals surface area (Å²) >= 11 is -1.92. The number of imidazole rings is 1. The molecule has 0 aliphatic carbocycles. The summed E-state index contributed by atoms with van der Waals surface area (Å²) in [5.74, 6) is 0.808. The third-order valence-electron chi connectivity index (χ3n) is 1.14. The zero-order valence-corrected chi connectivity index (χ0v) is 6.60. The molecular weight excluding hydrogens is 166 g/mol. The molecule has 0 radical (unpaired) electrons. The number of nitrogens with zero attached hydrogens (tertiary/aromatic N) is 1. The molecular formula is C5H9N3O2S. The number of rotatable bonds is 4. The Morgan fingerprint density at radius 1 is 1.82 bits per heavy atom. The molecule has 3 N–H and O–H groups in total. The second-order valence-electron chi connectivity index (χ2n) is 1.93. The normalized spacial score (nSPS) is 13.2. The molecule has 6 heteroatoms. The van der Waals surface area contributed by atoms with Crippen LogP contribution in [0.2, 0.25) is 0 Å². The molecule has 62 valence electrons. The van der Waals surface area contributed by atoms with Crippen LogP contribution in [0.5, 0.6) is 0 Å². The lowest BCUT2D eigenvalue weighted by Gasteiger charge is -1.95. The quantitative estimate of drug-likeness (QED) is 0.549. The second kappa shape index (κ2) is 4.22. The molecule has 0 aliphatic heterocycles. The fourth-order valence-electron chi connectivity index (χ4n) is 0.691. The summed E-state index contributed by atoms with van der Waals surface area (Å²) in [5, 5.41) is 0. The first kappa shape index (κ1) is 8.38. The number of aromatic nitrogens is 2. The van der Waals surface area contributed by atoms with Crippen LogP contribution in [0.15, 0.2) is 12.4 Å². The van der Waals surface area contributed by atoms with Crippen molar-refractivity contribution in [3.63, 3.8) is 0 Å². The minimum absolute atomic E-state index is 0.441. The summed E-state index contributed by atoms with van der Waals surface area (Å²) in [6.07, 6.45) is 3.98. The van der Waals surface area contributed by atoms with E-state index in [1.807, 2.05) is 0 Å². The van der Waals surface area contributed by atoms with Crippen molar-refractivity contribution < 1.29 is 8.76 Å². The zero-order chi connectivity index (χ0) is 8.10. The van der Waals surface area contributed by atoms with Crippen LogP contribution in [0.4, 0.5) is 0 Å². The molecule has 11 heavy (non-hydrogen) atoms. The lowest BCUT2D eigenvalue weighted by atomic mass is 10.4. The number of hydrogen-bond acceptors (Lipinski definition) is 2. The van der Waals surface area contributed by atoms with Gasteiger partial charge >= 0.3 is 0 Å². The van der Waals surface area contributed by atoms with Gasteiger partial charge in [0, 0.05) is 25.4 Å². The molecule has 0 aliphatic rings. The lowest BCUT2D eigenvalue weighted by molar-refractivity contribution is 0.548. The Bertz CT molecular complexity index is 224. The van der Waals surface area contributed by atoms with Gasteiger partial charge in [-0.2, -0.15) is 0 Å². The Labute approximate surface area is 66.7 Å². The molecule has 1 aromatic heterocycles. The van der Waals surface area contributed by atoms with Crippen LogP contribution in [0.3, 0.4) is 0 Å². The molecule has 0 fully saturated rings. The number of hydrogen-bond donors (Lipinski definition) is 3. The molecule has 1 unspecified atom stereocenters. The van der Waals surface area contributed by atoms with Crippen molar-refractivity contribution in [1.82, 2.24) is 14.7 Å². The maximum Gasteiger partial charge on any atom is 0.231 e. The first-order valence-electron chi connectivity index (χ1n) is 3.11. The van der Waals surface area contributed by atoms with Gasteiger partial charge in [-0.25, -0.2) is 13.9 Å². The zero-order valence-electron chi connectivity index (χ0n) is 5.78. The van der Waals surface area contributed by atoms with E-state index in [-0.39, 0.29) is 0 Å². The molecule has 0 amide bonds. The molecule has 0 spiro atoms. The van der Waals surface area contributed by atoms with Gasteiger partial charge in [0.05, 0.1) is 0 Å². The van der Waals surface area contributed by atoms with E-state index in [0.717, 1.165) is 5.82 Å². The Kier molecular flexibility index (Phi) is 3.21. The summed E-state index contributed by atoms with van der Waals surface area (Å²) in [6.45, 7) is 0.441. The van der Waals surface area contributed by atoms with Crippen molar-refractivity contribution in [3.05, 3.63) is 18.2 Å². The van der Waals surface area contributed by atoms with Crippen LogP contribution in [0, 0.1) is 0 Å². The minimum Gasteiger partial charge on any atom is -0.349 e. The molecule has 0 saturated heterocycles. The average molecular weight is 175 g/mol. The van der Waals surface area contributed by atoms with Gasteiger partial charge in [0.1, 0.15) is 5.82 Å². The van der Waals surface area contributed by atoms with Crippen molar-refractivity contribution in [2.45, 2.75) is 6.42 Å². The van der Waals surface area contributed by atoms with Crippen molar-refractivity contribution in [2.24, 2.45) is 0 Å². The summed E-state index contributed by atoms with van der Waals surface area (Å²) in [6, 6.07) is 0. The van der Waals surface area contributed by atoms with Gasteiger partial charge in [-0.05, 0) is 0 Å². The fourth-order valence-corrected chi connectivity index (χ4v) is 0.968. The molecule has 1 heterocycles. The molecule has 0 bridgehead atoms. The highest BCUT2D eigenvalue weighted by atomic mass is 32.2. The smallest absolute Gasteiger partial charge is 0.231 e. The van der Waals surface area contributed by atoms with Gasteiger partial charge in [0.2, 0.25) is 11.3 Å².